The van der Waals surface area contributed by atoms with Crippen molar-refractivity contribution in [3.8, 4) is 16.9 Å². The molecule has 2 nitrogen and oxygen atoms in total. The van der Waals surface area contributed by atoms with Crippen molar-refractivity contribution in [2.24, 2.45) is 0 Å². The molecular formula is C18H20ClNO. The lowest BCUT2D eigenvalue weighted by Crippen LogP contribution is -2.15. The van der Waals surface area contributed by atoms with Crippen molar-refractivity contribution in [1.29, 1.82) is 0 Å². The van der Waals surface area contributed by atoms with Crippen LogP contribution in [0, 0.1) is 6.92 Å². The van der Waals surface area contributed by atoms with Crippen LogP contribution in [0.2, 0.25) is 5.02 Å². The molecule has 3 heteroatoms. The third-order valence-corrected chi connectivity index (χ3v) is 4.16. The molecule has 0 heterocycles. The number of hydrogen-bond donors (Lipinski definition) is 1. The Bertz CT molecular complexity index is 650. The monoisotopic (exact) mass is 301 g/mol. The average Bonchev–Trinajstić information content (AvgIpc) is 3.29. The molecule has 1 N–H and O–H groups in total. The van der Waals surface area contributed by atoms with Crippen LogP contribution in [0.15, 0.2) is 36.4 Å². The van der Waals surface area contributed by atoms with Gasteiger partial charge >= 0.3 is 0 Å². The maximum Gasteiger partial charge on any atom is 0.126 e. The smallest absolute Gasteiger partial charge is 0.126 e. The first-order valence-electron chi connectivity index (χ1n) is 7.34. The van der Waals surface area contributed by atoms with Crippen LogP contribution < -0.4 is 10.1 Å². The summed E-state index contributed by atoms with van der Waals surface area (Å²) in [6.07, 6.45) is 2.60. The molecule has 2 aromatic carbocycles. The van der Waals surface area contributed by atoms with Crippen molar-refractivity contribution >= 4 is 11.6 Å². The lowest BCUT2D eigenvalue weighted by molar-refractivity contribution is 0.416. The zero-order valence-corrected chi connectivity index (χ0v) is 13.2. The van der Waals surface area contributed by atoms with Gasteiger partial charge in [0.05, 0.1) is 7.11 Å². The van der Waals surface area contributed by atoms with Gasteiger partial charge in [0.2, 0.25) is 0 Å². The Balaban J connectivity index is 1.89. The van der Waals surface area contributed by atoms with Gasteiger partial charge in [0, 0.05) is 28.7 Å². The molecule has 0 aromatic heterocycles. The molecular weight excluding hydrogens is 282 g/mol. The number of rotatable bonds is 5. The number of aryl methyl sites for hydroxylation is 1. The lowest BCUT2D eigenvalue weighted by atomic mass is 10.0. The van der Waals surface area contributed by atoms with Crippen molar-refractivity contribution in [3.05, 3.63) is 52.5 Å². The number of nitrogens with one attached hydrogen (secondary N) is 1. The van der Waals surface area contributed by atoms with E-state index in [4.69, 9.17) is 16.3 Å². The number of halogens is 1. The van der Waals surface area contributed by atoms with Crippen molar-refractivity contribution < 1.29 is 4.74 Å². The fraction of sp³-hybridized carbons (Fsp3) is 0.333. The SMILES string of the molecule is COc1ccc(C)cc1-c1ccc(CNC2CC2)cc1Cl. The van der Waals surface area contributed by atoms with E-state index < -0.39 is 0 Å². The molecule has 0 bridgehead atoms. The highest BCUT2D eigenvalue weighted by Gasteiger charge is 2.20. The maximum atomic E-state index is 6.49. The molecule has 0 aliphatic heterocycles. The zero-order chi connectivity index (χ0) is 14.8. The summed E-state index contributed by atoms with van der Waals surface area (Å²) in [5.41, 5.74) is 4.49. The summed E-state index contributed by atoms with van der Waals surface area (Å²) in [6, 6.07) is 13.1. The molecule has 0 unspecified atom stereocenters. The van der Waals surface area contributed by atoms with Crippen LogP contribution >= 0.6 is 11.6 Å². The molecule has 1 saturated carbocycles. The molecule has 0 atom stereocenters. The van der Waals surface area contributed by atoms with Crippen molar-refractivity contribution in [3.63, 3.8) is 0 Å². The first kappa shape index (κ1) is 14.4. The Morgan fingerprint density at radius 2 is 1.95 bits per heavy atom. The highest BCUT2D eigenvalue weighted by Crippen LogP contribution is 2.36. The van der Waals surface area contributed by atoms with E-state index in [9.17, 15) is 0 Å². The third-order valence-electron chi connectivity index (χ3n) is 3.85. The number of hydrogen-bond acceptors (Lipinski definition) is 2. The van der Waals surface area contributed by atoms with Gasteiger partial charge in [-0.15, -0.1) is 0 Å². The van der Waals surface area contributed by atoms with Gasteiger partial charge in [0.15, 0.2) is 0 Å². The summed E-state index contributed by atoms with van der Waals surface area (Å²) in [5.74, 6) is 0.853. The minimum Gasteiger partial charge on any atom is -0.496 e. The molecule has 0 radical (unpaired) electrons. The molecule has 0 spiro atoms. The van der Waals surface area contributed by atoms with Crippen LogP contribution in [-0.2, 0) is 6.54 Å². The Morgan fingerprint density at radius 1 is 1.14 bits per heavy atom. The van der Waals surface area contributed by atoms with E-state index in [2.05, 4.69) is 30.4 Å². The summed E-state index contributed by atoms with van der Waals surface area (Å²) < 4.78 is 5.46. The number of ether oxygens (including phenoxy) is 1. The predicted octanol–water partition coefficient (Wildman–Crippen LogP) is 4.58. The fourth-order valence-electron chi connectivity index (χ4n) is 2.47. The first-order valence-corrected chi connectivity index (χ1v) is 7.72. The Labute approximate surface area is 131 Å². The second-order valence-electron chi connectivity index (χ2n) is 5.67. The van der Waals surface area contributed by atoms with Gasteiger partial charge in [-0.1, -0.05) is 35.4 Å². The molecule has 110 valence electrons. The summed E-state index contributed by atoms with van der Waals surface area (Å²) in [4.78, 5) is 0. The van der Waals surface area contributed by atoms with Gasteiger partial charge < -0.3 is 10.1 Å². The average molecular weight is 302 g/mol. The fourth-order valence-corrected chi connectivity index (χ4v) is 2.77. The van der Waals surface area contributed by atoms with Crippen LogP contribution in [0.3, 0.4) is 0 Å². The highest BCUT2D eigenvalue weighted by molar-refractivity contribution is 6.33. The second-order valence-corrected chi connectivity index (χ2v) is 6.08. The minimum atomic E-state index is 0.709. The second kappa shape index (κ2) is 6.08. The van der Waals surface area contributed by atoms with Crippen molar-refractivity contribution in [1.82, 2.24) is 5.32 Å². The molecule has 1 aliphatic carbocycles. The van der Waals surface area contributed by atoms with Crippen LogP contribution in [-0.4, -0.2) is 13.2 Å². The molecule has 3 rings (SSSR count). The minimum absolute atomic E-state index is 0.709. The molecule has 0 saturated heterocycles. The van der Waals surface area contributed by atoms with Crippen LogP contribution in [0.1, 0.15) is 24.0 Å². The Hall–Kier alpha value is -1.51. The molecule has 1 fully saturated rings. The van der Waals surface area contributed by atoms with Gasteiger partial charge in [0.25, 0.3) is 0 Å². The number of methoxy groups -OCH3 is 1. The largest absolute Gasteiger partial charge is 0.496 e. The van der Waals surface area contributed by atoms with Gasteiger partial charge in [0.1, 0.15) is 5.75 Å². The molecule has 21 heavy (non-hydrogen) atoms. The van der Waals surface area contributed by atoms with Crippen LogP contribution in [0.25, 0.3) is 11.1 Å². The Morgan fingerprint density at radius 3 is 2.62 bits per heavy atom. The summed E-state index contributed by atoms with van der Waals surface area (Å²) in [5, 5.41) is 4.28. The van der Waals surface area contributed by atoms with Crippen molar-refractivity contribution in [2.45, 2.75) is 32.4 Å². The highest BCUT2D eigenvalue weighted by atomic mass is 35.5. The molecule has 2 aromatic rings. The van der Waals surface area contributed by atoms with E-state index in [1.54, 1.807) is 7.11 Å². The van der Waals surface area contributed by atoms with E-state index in [1.807, 2.05) is 18.2 Å². The van der Waals surface area contributed by atoms with Gasteiger partial charge in [-0.2, -0.15) is 0 Å². The topological polar surface area (TPSA) is 21.3 Å². The van der Waals surface area contributed by atoms with E-state index in [1.165, 1.54) is 24.0 Å². The third kappa shape index (κ3) is 3.39. The van der Waals surface area contributed by atoms with Gasteiger partial charge in [-0.3, -0.25) is 0 Å². The van der Waals surface area contributed by atoms with Crippen molar-refractivity contribution in [2.75, 3.05) is 7.11 Å². The summed E-state index contributed by atoms with van der Waals surface area (Å²) in [7, 11) is 1.69. The standard InChI is InChI=1S/C18H20ClNO/c1-12-3-8-18(21-2)16(9-12)15-7-4-13(10-17(15)19)11-20-14-5-6-14/h3-4,7-10,14,20H,5-6,11H2,1-2H3. The Kier molecular flexibility index (Phi) is 4.18. The lowest BCUT2D eigenvalue weighted by Gasteiger charge is -2.12. The quantitative estimate of drug-likeness (QED) is 0.873. The van der Waals surface area contributed by atoms with E-state index >= 15 is 0 Å². The molecule has 0 amide bonds. The van der Waals surface area contributed by atoms with Crippen LogP contribution in [0.5, 0.6) is 5.75 Å². The normalized spacial score (nSPS) is 14.2. The van der Waals surface area contributed by atoms with E-state index in [-0.39, 0.29) is 0 Å². The summed E-state index contributed by atoms with van der Waals surface area (Å²) >= 11 is 6.49. The molecule has 1 aliphatic rings. The van der Waals surface area contributed by atoms with Gasteiger partial charge in [-0.25, -0.2) is 0 Å². The predicted molar refractivity (Wildman–Crippen MR) is 88.0 cm³/mol. The number of benzene rings is 2. The maximum absolute atomic E-state index is 6.49. The first-order chi connectivity index (χ1) is 10.2. The van der Waals surface area contributed by atoms with Gasteiger partial charge in [-0.05, 0) is 43.5 Å². The van der Waals surface area contributed by atoms with Crippen LogP contribution in [0.4, 0.5) is 0 Å². The van der Waals surface area contributed by atoms with E-state index in [0.717, 1.165) is 28.4 Å². The summed E-state index contributed by atoms with van der Waals surface area (Å²) in [6.45, 7) is 2.96. The zero-order valence-electron chi connectivity index (χ0n) is 12.4. The van der Waals surface area contributed by atoms with E-state index in [0.29, 0.717) is 6.04 Å².